The van der Waals surface area contributed by atoms with Crippen LogP contribution in [0.5, 0.6) is 0 Å². The number of halogens is 2. The van der Waals surface area contributed by atoms with Crippen molar-refractivity contribution in [3.8, 4) is 11.1 Å². The molecule has 1 aromatic carbocycles. The largest absolute Gasteiger partial charge is 0.491 e. The average Bonchev–Trinajstić information content (AvgIpc) is 2.30. The van der Waals surface area contributed by atoms with E-state index in [9.17, 15) is 8.78 Å². The van der Waals surface area contributed by atoms with Gasteiger partial charge in [-0.05, 0) is 23.8 Å². The fourth-order valence-electron chi connectivity index (χ4n) is 1.55. The van der Waals surface area contributed by atoms with Crippen LogP contribution in [0, 0.1) is 11.6 Å². The standard InChI is InChI=1S/C11H8BF2NO2/c13-9-2-1-8(12(16)17)11(14)10(9)7-3-5-15-6-4-7/h1-6,16-17H. The first kappa shape index (κ1) is 11.7. The monoisotopic (exact) mass is 235 g/mol. The van der Waals surface area contributed by atoms with Gasteiger partial charge in [-0.25, -0.2) is 8.78 Å². The third-order valence-corrected chi connectivity index (χ3v) is 2.37. The summed E-state index contributed by atoms with van der Waals surface area (Å²) in [5.74, 6) is -1.75. The zero-order chi connectivity index (χ0) is 12.4. The molecule has 6 heteroatoms. The first-order valence-corrected chi connectivity index (χ1v) is 4.85. The van der Waals surface area contributed by atoms with Crippen LogP contribution in [0.25, 0.3) is 11.1 Å². The summed E-state index contributed by atoms with van der Waals surface area (Å²) in [7, 11) is -1.98. The molecule has 3 nitrogen and oxygen atoms in total. The molecule has 0 aliphatic carbocycles. The minimum Gasteiger partial charge on any atom is -0.423 e. The lowest BCUT2D eigenvalue weighted by atomic mass is 9.78. The van der Waals surface area contributed by atoms with Gasteiger partial charge in [-0.2, -0.15) is 0 Å². The molecule has 0 amide bonds. The SMILES string of the molecule is OB(O)c1ccc(F)c(-c2ccncc2)c1F. The van der Waals surface area contributed by atoms with E-state index in [1.54, 1.807) is 0 Å². The summed E-state index contributed by atoms with van der Waals surface area (Å²) in [5.41, 5.74) is -0.367. The van der Waals surface area contributed by atoms with Gasteiger partial charge in [0.2, 0.25) is 0 Å². The molecule has 0 aliphatic rings. The normalized spacial score (nSPS) is 10.4. The Kier molecular flexibility index (Phi) is 3.17. The summed E-state index contributed by atoms with van der Waals surface area (Å²) in [5, 5.41) is 17.9. The lowest BCUT2D eigenvalue weighted by Crippen LogP contribution is -2.33. The smallest absolute Gasteiger partial charge is 0.423 e. The van der Waals surface area contributed by atoms with Crippen molar-refractivity contribution < 1.29 is 18.8 Å². The van der Waals surface area contributed by atoms with Crippen molar-refractivity contribution in [2.75, 3.05) is 0 Å². The summed E-state index contributed by atoms with van der Waals surface area (Å²) in [4.78, 5) is 3.74. The maximum absolute atomic E-state index is 13.9. The van der Waals surface area contributed by atoms with Crippen LogP contribution in [-0.2, 0) is 0 Å². The van der Waals surface area contributed by atoms with Crippen molar-refractivity contribution in [3.63, 3.8) is 0 Å². The Morgan fingerprint density at radius 3 is 2.24 bits per heavy atom. The highest BCUT2D eigenvalue weighted by Crippen LogP contribution is 2.24. The quantitative estimate of drug-likeness (QED) is 0.753. The van der Waals surface area contributed by atoms with Gasteiger partial charge < -0.3 is 10.0 Å². The molecule has 1 heterocycles. The van der Waals surface area contributed by atoms with Gasteiger partial charge in [0.15, 0.2) is 0 Å². The predicted octanol–water partition coefficient (Wildman–Crippen LogP) is 0.707. The maximum Gasteiger partial charge on any atom is 0.491 e. The Bertz CT molecular complexity index is 534. The molecule has 2 rings (SSSR count). The summed E-state index contributed by atoms with van der Waals surface area (Å²) in [6, 6.07) is 4.87. The van der Waals surface area contributed by atoms with E-state index >= 15 is 0 Å². The van der Waals surface area contributed by atoms with E-state index in [-0.39, 0.29) is 16.6 Å². The Labute approximate surface area is 96.5 Å². The van der Waals surface area contributed by atoms with Gasteiger partial charge >= 0.3 is 7.12 Å². The average molecular weight is 235 g/mol. The molecule has 0 saturated heterocycles. The lowest BCUT2D eigenvalue weighted by molar-refractivity contribution is 0.423. The molecule has 0 unspecified atom stereocenters. The molecule has 2 N–H and O–H groups in total. The molecule has 0 atom stereocenters. The number of hydrogen-bond acceptors (Lipinski definition) is 3. The van der Waals surface area contributed by atoms with Crippen LogP contribution in [0.15, 0.2) is 36.7 Å². The van der Waals surface area contributed by atoms with E-state index in [1.807, 2.05) is 0 Å². The van der Waals surface area contributed by atoms with Crippen LogP contribution in [-0.4, -0.2) is 22.2 Å². The molecule has 0 aliphatic heterocycles. The third kappa shape index (κ3) is 2.18. The molecule has 0 saturated carbocycles. The Morgan fingerprint density at radius 1 is 1.00 bits per heavy atom. The third-order valence-electron chi connectivity index (χ3n) is 2.37. The van der Waals surface area contributed by atoms with Gasteiger partial charge in [0.25, 0.3) is 0 Å². The Hall–Kier alpha value is -1.79. The van der Waals surface area contributed by atoms with Crippen molar-refractivity contribution in [3.05, 3.63) is 48.3 Å². The van der Waals surface area contributed by atoms with E-state index < -0.39 is 18.8 Å². The van der Waals surface area contributed by atoms with Gasteiger partial charge in [-0.15, -0.1) is 0 Å². The second kappa shape index (κ2) is 4.61. The van der Waals surface area contributed by atoms with E-state index in [0.717, 1.165) is 12.1 Å². The maximum atomic E-state index is 13.9. The van der Waals surface area contributed by atoms with Gasteiger partial charge in [0.1, 0.15) is 11.6 Å². The van der Waals surface area contributed by atoms with E-state index in [1.165, 1.54) is 24.5 Å². The van der Waals surface area contributed by atoms with Crippen LogP contribution in [0.1, 0.15) is 0 Å². The molecule has 0 bridgehead atoms. The number of pyridine rings is 1. The van der Waals surface area contributed by atoms with Crippen molar-refractivity contribution in [1.82, 2.24) is 4.98 Å². The van der Waals surface area contributed by atoms with Crippen LogP contribution < -0.4 is 5.46 Å². The Balaban J connectivity index is 2.65. The van der Waals surface area contributed by atoms with E-state index in [2.05, 4.69) is 4.98 Å². The lowest BCUT2D eigenvalue weighted by Gasteiger charge is -2.09. The highest BCUT2D eigenvalue weighted by molar-refractivity contribution is 6.58. The first-order chi connectivity index (χ1) is 8.11. The molecular formula is C11H8BF2NO2. The molecular weight excluding hydrogens is 227 g/mol. The van der Waals surface area contributed by atoms with Gasteiger partial charge in [0.05, 0.1) is 5.56 Å². The number of benzene rings is 1. The van der Waals surface area contributed by atoms with E-state index in [0.29, 0.717) is 0 Å². The van der Waals surface area contributed by atoms with Crippen molar-refractivity contribution >= 4 is 12.6 Å². The van der Waals surface area contributed by atoms with Crippen LogP contribution >= 0.6 is 0 Å². The minimum absolute atomic E-state index is 0.289. The number of aromatic nitrogens is 1. The number of nitrogens with zero attached hydrogens (tertiary/aromatic N) is 1. The second-order valence-electron chi connectivity index (χ2n) is 3.44. The molecule has 1 aromatic heterocycles. The summed E-state index contributed by atoms with van der Waals surface area (Å²) in [6.07, 6.45) is 2.80. The number of hydrogen-bond donors (Lipinski definition) is 2. The number of rotatable bonds is 2. The van der Waals surface area contributed by atoms with Crippen LogP contribution in [0.4, 0.5) is 8.78 Å². The highest BCUT2D eigenvalue weighted by Gasteiger charge is 2.22. The van der Waals surface area contributed by atoms with Gasteiger partial charge in [0, 0.05) is 17.9 Å². The van der Waals surface area contributed by atoms with Crippen molar-refractivity contribution in [2.45, 2.75) is 0 Å². The van der Waals surface area contributed by atoms with Crippen LogP contribution in [0.3, 0.4) is 0 Å². The molecule has 2 aromatic rings. The highest BCUT2D eigenvalue weighted by atomic mass is 19.1. The molecule has 86 valence electrons. The van der Waals surface area contributed by atoms with Crippen molar-refractivity contribution in [1.29, 1.82) is 0 Å². The predicted molar refractivity (Wildman–Crippen MR) is 59.4 cm³/mol. The van der Waals surface area contributed by atoms with Crippen LogP contribution in [0.2, 0.25) is 0 Å². The fourth-order valence-corrected chi connectivity index (χ4v) is 1.55. The Morgan fingerprint density at radius 2 is 1.65 bits per heavy atom. The van der Waals surface area contributed by atoms with E-state index in [4.69, 9.17) is 10.0 Å². The summed E-state index contributed by atoms with van der Waals surface area (Å²) >= 11 is 0. The molecule has 0 spiro atoms. The summed E-state index contributed by atoms with van der Waals surface area (Å²) in [6.45, 7) is 0. The topological polar surface area (TPSA) is 53.4 Å². The zero-order valence-electron chi connectivity index (χ0n) is 8.64. The minimum atomic E-state index is -1.98. The van der Waals surface area contributed by atoms with Gasteiger partial charge in [-0.3, -0.25) is 4.98 Å². The molecule has 0 radical (unpaired) electrons. The van der Waals surface area contributed by atoms with Crippen molar-refractivity contribution in [2.24, 2.45) is 0 Å². The first-order valence-electron chi connectivity index (χ1n) is 4.85. The fraction of sp³-hybridized carbons (Fsp3) is 0. The molecule has 0 fully saturated rings. The van der Waals surface area contributed by atoms with Gasteiger partial charge in [-0.1, -0.05) is 6.07 Å². The second-order valence-corrected chi connectivity index (χ2v) is 3.44. The zero-order valence-corrected chi connectivity index (χ0v) is 8.64. The molecule has 17 heavy (non-hydrogen) atoms. The summed E-state index contributed by atoms with van der Waals surface area (Å²) < 4.78 is 27.4.